The number of nitrogens with zero attached hydrogens (tertiary/aromatic N) is 2. The second-order valence-corrected chi connectivity index (χ2v) is 4.87. The summed E-state index contributed by atoms with van der Waals surface area (Å²) in [4.78, 5) is 8.44. The Labute approximate surface area is 113 Å². The van der Waals surface area contributed by atoms with Crippen molar-refractivity contribution < 1.29 is 4.74 Å². The Hall–Kier alpha value is -2.10. The van der Waals surface area contributed by atoms with Crippen LogP contribution in [0.3, 0.4) is 0 Å². The monoisotopic (exact) mass is 257 g/mol. The molecule has 0 radical (unpaired) electrons. The molecule has 1 aromatic carbocycles. The van der Waals surface area contributed by atoms with Crippen LogP contribution in [-0.4, -0.2) is 9.97 Å². The lowest BCUT2D eigenvalue weighted by atomic mass is 10.0. The van der Waals surface area contributed by atoms with Crippen molar-refractivity contribution in [2.75, 3.05) is 5.73 Å². The molecule has 0 unspecified atom stereocenters. The van der Waals surface area contributed by atoms with Gasteiger partial charge in [-0.25, -0.2) is 9.97 Å². The maximum atomic E-state index is 5.71. The number of aromatic nitrogens is 2. The van der Waals surface area contributed by atoms with E-state index >= 15 is 0 Å². The van der Waals surface area contributed by atoms with Gasteiger partial charge in [-0.2, -0.15) is 0 Å². The fraction of sp³-hybridized carbons (Fsp3) is 0.333. The van der Waals surface area contributed by atoms with Crippen LogP contribution in [0.2, 0.25) is 0 Å². The zero-order valence-corrected chi connectivity index (χ0v) is 11.6. The maximum absolute atomic E-state index is 5.71. The minimum Gasteiger partial charge on any atom is -0.486 e. The van der Waals surface area contributed by atoms with Gasteiger partial charge in [0.05, 0.1) is 0 Å². The third-order valence-electron chi connectivity index (χ3n) is 2.81. The fourth-order valence-electron chi connectivity index (χ4n) is 1.83. The quantitative estimate of drug-likeness (QED) is 0.914. The van der Waals surface area contributed by atoms with Gasteiger partial charge in [0.25, 0.3) is 0 Å². The number of nitrogens with two attached hydrogens (primary N) is 1. The van der Waals surface area contributed by atoms with Crippen molar-refractivity contribution in [1.82, 2.24) is 9.97 Å². The molecule has 0 aliphatic heterocycles. The van der Waals surface area contributed by atoms with E-state index in [0.717, 1.165) is 11.4 Å². The third-order valence-corrected chi connectivity index (χ3v) is 2.81. The van der Waals surface area contributed by atoms with Crippen molar-refractivity contribution in [3.8, 4) is 5.75 Å². The SMILES string of the molecule is Cc1cc(N)nc(COc2cccc(C(C)C)c2)n1. The van der Waals surface area contributed by atoms with Gasteiger partial charge in [-0.3, -0.25) is 0 Å². The van der Waals surface area contributed by atoms with Crippen molar-refractivity contribution in [3.63, 3.8) is 0 Å². The van der Waals surface area contributed by atoms with E-state index < -0.39 is 0 Å². The van der Waals surface area contributed by atoms with E-state index in [-0.39, 0.29) is 0 Å². The summed E-state index contributed by atoms with van der Waals surface area (Å²) in [7, 11) is 0. The van der Waals surface area contributed by atoms with E-state index in [4.69, 9.17) is 10.5 Å². The predicted molar refractivity (Wildman–Crippen MR) is 76.0 cm³/mol. The molecule has 1 aromatic heterocycles. The zero-order valence-electron chi connectivity index (χ0n) is 11.6. The minimum atomic E-state index is 0.327. The van der Waals surface area contributed by atoms with Crippen molar-refractivity contribution in [2.24, 2.45) is 0 Å². The molecule has 1 heterocycles. The summed E-state index contributed by atoms with van der Waals surface area (Å²) in [6.45, 7) is 6.53. The van der Waals surface area contributed by atoms with E-state index in [9.17, 15) is 0 Å². The standard InChI is InChI=1S/C15H19N3O/c1-10(2)12-5-4-6-13(8-12)19-9-15-17-11(3)7-14(16)18-15/h4-8,10H,9H2,1-3H3,(H2,16,17,18). The summed E-state index contributed by atoms with van der Waals surface area (Å²) in [6.07, 6.45) is 0. The largest absolute Gasteiger partial charge is 0.486 e. The van der Waals surface area contributed by atoms with Gasteiger partial charge in [-0.1, -0.05) is 26.0 Å². The summed E-state index contributed by atoms with van der Waals surface area (Å²) >= 11 is 0. The molecule has 2 N–H and O–H groups in total. The van der Waals surface area contributed by atoms with E-state index in [2.05, 4.69) is 29.9 Å². The van der Waals surface area contributed by atoms with Gasteiger partial charge in [0.1, 0.15) is 18.2 Å². The van der Waals surface area contributed by atoms with Crippen LogP contribution < -0.4 is 10.5 Å². The van der Waals surface area contributed by atoms with Gasteiger partial charge in [0.2, 0.25) is 0 Å². The van der Waals surface area contributed by atoms with Crippen LogP contribution in [0.4, 0.5) is 5.82 Å². The molecule has 0 aliphatic rings. The van der Waals surface area contributed by atoms with Crippen molar-refractivity contribution >= 4 is 5.82 Å². The van der Waals surface area contributed by atoms with Gasteiger partial charge in [0, 0.05) is 11.8 Å². The molecule has 19 heavy (non-hydrogen) atoms. The first kappa shape index (κ1) is 13.3. The van der Waals surface area contributed by atoms with Gasteiger partial charge >= 0.3 is 0 Å². The minimum absolute atomic E-state index is 0.327. The van der Waals surface area contributed by atoms with E-state index in [1.165, 1.54) is 5.56 Å². The number of rotatable bonds is 4. The van der Waals surface area contributed by atoms with Crippen LogP contribution in [-0.2, 0) is 6.61 Å². The smallest absolute Gasteiger partial charge is 0.168 e. The Morgan fingerprint density at radius 2 is 2.00 bits per heavy atom. The molecular weight excluding hydrogens is 238 g/mol. The average molecular weight is 257 g/mol. The van der Waals surface area contributed by atoms with Gasteiger partial charge < -0.3 is 10.5 Å². The molecule has 0 saturated heterocycles. The highest BCUT2D eigenvalue weighted by Gasteiger charge is 2.04. The normalized spacial score (nSPS) is 10.7. The van der Waals surface area contributed by atoms with E-state index in [1.54, 1.807) is 6.07 Å². The van der Waals surface area contributed by atoms with Crippen LogP contribution in [0, 0.1) is 6.92 Å². The molecule has 4 nitrogen and oxygen atoms in total. The summed E-state index contributed by atoms with van der Waals surface area (Å²) in [5, 5.41) is 0. The summed E-state index contributed by atoms with van der Waals surface area (Å²) in [5.41, 5.74) is 7.79. The molecule has 0 spiro atoms. The van der Waals surface area contributed by atoms with Crippen molar-refractivity contribution in [3.05, 3.63) is 47.4 Å². The van der Waals surface area contributed by atoms with Crippen LogP contribution >= 0.6 is 0 Å². The maximum Gasteiger partial charge on any atom is 0.168 e. The van der Waals surface area contributed by atoms with Crippen molar-refractivity contribution in [1.29, 1.82) is 0 Å². The molecule has 0 bridgehead atoms. The summed E-state index contributed by atoms with van der Waals surface area (Å²) in [5.74, 6) is 2.39. The number of hydrogen-bond acceptors (Lipinski definition) is 4. The first-order valence-corrected chi connectivity index (χ1v) is 6.37. The molecule has 0 fully saturated rings. The Balaban J connectivity index is 2.07. The highest BCUT2D eigenvalue weighted by molar-refractivity contribution is 5.31. The third kappa shape index (κ3) is 3.68. The molecule has 2 aromatic rings. The molecule has 0 saturated carbocycles. The number of aryl methyl sites for hydroxylation is 1. The van der Waals surface area contributed by atoms with Gasteiger partial charge in [-0.05, 0) is 30.5 Å². The average Bonchev–Trinajstić information content (AvgIpc) is 2.35. The van der Waals surface area contributed by atoms with Gasteiger partial charge in [-0.15, -0.1) is 0 Å². The topological polar surface area (TPSA) is 61.0 Å². The number of anilines is 1. The number of ether oxygens (including phenoxy) is 1. The first-order chi connectivity index (χ1) is 9.04. The Morgan fingerprint density at radius 1 is 1.21 bits per heavy atom. The van der Waals surface area contributed by atoms with Crippen LogP contribution in [0.1, 0.15) is 36.8 Å². The number of nitrogen functional groups attached to an aromatic ring is 1. The second kappa shape index (κ2) is 5.69. The molecule has 0 amide bonds. The number of benzene rings is 1. The van der Waals surface area contributed by atoms with Crippen LogP contribution in [0.5, 0.6) is 5.75 Å². The molecule has 0 aliphatic carbocycles. The Kier molecular flexibility index (Phi) is 4.00. The highest BCUT2D eigenvalue weighted by Crippen LogP contribution is 2.20. The lowest BCUT2D eigenvalue weighted by Gasteiger charge is -2.10. The Morgan fingerprint density at radius 3 is 2.68 bits per heavy atom. The van der Waals surface area contributed by atoms with Gasteiger partial charge in [0.15, 0.2) is 5.82 Å². The second-order valence-electron chi connectivity index (χ2n) is 4.87. The molecule has 100 valence electrons. The van der Waals surface area contributed by atoms with Crippen LogP contribution in [0.15, 0.2) is 30.3 Å². The lowest BCUT2D eigenvalue weighted by Crippen LogP contribution is -2.05. The highest BCUT2D eigenvalue weighted by atomic mass is 16.5. The zero-order chi connectivity index (χ0) is 13.8. The van der Waals surface area contributed by atoms with E-state index in [1.807, 2.05) is 25.1 Å². The van der Waals surface area contributed by atoms with Crippen LogP contribution in [0.25, 0.3) is 0 Å². The first-order valence-electron chi connectivity index (χ1n) is 6.37. The number of hydrogen-bond donors (Lipinski definition) is 1. The molecule has 0 atom stereocenters. The molecule has 2 rings (SSSR count). The Bertz CT molecular complexity index is 547. The summed E-state index contributed by atoms with van der Waals surface area (Å²) in [6, 6.07) is 9.81. The van der Waals surface area contributed by atoms with Crippen molar-refractivity contribution in [2.45, 2.75) is 33.3 Å². The summed E-state index contributed by atoms with van der Waals surface area (Å²) < 4.78 is 5.71. The fourth-order valence-corrected chi connectivity index (χ4v) is 1.83. The van der Waals surface area contributed by atoms with E-state index in [0.29, 0.717) is 24.2 Å². The molecule has 4 heteroatoms. The predicted octanol–water partition coefficient (Wildman–Crippen LogP) is 3.07. The lowest BCUT2D eigenvalue weighted by molar-refractivity contribution is 0.295. The molecular formula is C15H19N3O.